The highest BCUT2D eigenvalue weighted by atomic mass is 35.5. The molecular formula is C27H20ClN3. The van der Waals surface area contributed by atoms with Gasteiger partial charge in [-0.3, -0.25) is 0 Å². The lowest BCUT2D eigenvalue weighted by Gasteiger charge is -2.19. The van der Waals surface area contributed by atoms with E-state index in [9.17, 15) is 0 Å². The number of nitrogens with zero attached hydrogens (tertiary/aromatic N) is 2. The summed E-state index contributed by atoms with van der Waals surface area (Å²) in [6, 6.07) is 37.2. The highest BCUT2D eigenvalue weighted by Gasteiger charge is 2.18. The molecule has 0 bridgehead atoms. The Balaban J connectivity index is 1.40. The predicted molar refractivity (Wildman–Crippen MR) is 129 cm³/mol. The van der Waals surface area contributed by atoms with Gasteiger partial charge in [0, 0.05) is 5.56 Å². The smallest absolute Gasteiger partial charge is 0.199 e. The predicted octanol–water partition coefficient (Wildman–Crippen LogP) is 6.66. The lowest BCUT2D eigenvalue weighted by Crippen LogP contribution is -2.32. The van der Waals surface area contributed by atoms with E-state index >= 15 is 0 Å². The molecule has 1 heterocycles. The fourth-order valence-corrected chi connectivity index (χ4v) is 3.83. The molecule has 0 aromatic heterocycles. The van der Waals surface area contributed by atoms with E-state index in [0.29, 0.717) is 5.29 Å². The van der Waals surface area contributed by atoms with Crippen molar-refractivity contribution >= 4 is 22.7 Å². The summed E-state index contributed by atoms with van der Waals surface area (Å²) < 4.78 is 0. The first-order chi connectivity index (χ1) is 15.3. The Morgan fingerprint density at radius 1 is 0.516 bits per heavy atom. The Hall–Kier alpha value is -3.69. The van der Waals surface area contributed by atoms with E-state index in [1.807, 2.05) is 36.4 Å². The standard InChI is InChI=1S/C27H20ClN3/c28-27-30-25(23-15-11-21(12-16-23)19-7-3-1-4-8-19)29-26(31-27)24-17-13-22(14-18-24)20-9-5-2-6-10-20/h1-18,25H,(H,29,30,31). The molecule has 4 aromatic rings. The van der Waals surface area contributed by atoms with Crippen molar-refractivity contribution in [2.45, 2.75) is 6.17 Å². The Labute approximate surface area is 186 Å². The van der Waals surface area contributed by atoms with Crippen molar-refractivity contribution < 1.29 is 0 Å². The van der Waals surface area contributed by atoms with Gasteiger partial charge >= 0.3 is 0 Å². The topological polar surface area (TPSA) is 36.8 Å². The van der Waals surface area contributed by atoms with Gasteiger partial charge in [0.25, 0.3) is 0 Å². The maximum atomic E-state index is 6.32. The molecule has 0 saturated heterocycles. The van der Waals surface area contributed by atoms with Gasteiger partial charge in [-0.15, -0.1) is 0 Å². The van der Waals surface area contributed by atoms with Crippen molar-refractivity contribution in [2.24, 2.45) is 9.98 Å². The Kier molecular flexibility index (Phi) is 5.34. The third-order valence-electron chi connectivity index (χ3n) is 5.29. The zero-order valence-electron chi connectivity index (χ0n) is 16.7. The quantitative estimate of drug-likeness (QED) is 0.367. The van der Waals surface area contributed by atoms with E-state index in [2.05, 4.69) is 83.1 Å². The summed E-state index contributed by atoms with van der Waals surface area (Å²) in [6.45, 7) is 0. The molecule has 0 aliphatic carbocycles. The van der Waals surface area contributed by atoms with Crippen LogP contribution < -0.4 is 5.32 Å². The van der Waals surface area contributed by atoms with Gasteiger partial charge in [0.1, 0.15) is 5.84 Å². The Morgan fingerprint density at radius 3 is 1.52 bits per heavy atom. The normalized spacial score (nSPS) is 15.6. The van der Waals surface area contributed by atoms with Gasteiger partial charge in [-0.05, 0) is 39.4 Å². The molecule has 0 fully saturated rings. The molecule has 4 aromatic carbocycles. The van der Waals surface area contributed by atoms with E-state index in [4.69, 9.17) is 16.6 Å². The minimum Gasteiger partial charge on any atom is -0.315 e. The van der Waals surface area contributed by atoms with Crippen LogP contribution in [0, 0.1) is 0 Å². The van der Waals surface area contributed by atoms with Crippen LogP contribution in [0.4, 0.5) is 0 Å². The fourth-order valence-electron chi connectivity index (χ4n) is 3.65. The summed E-state index contributed by atoms with van der Waals surface area (Å²) in [6.07, 6.45) is -0.373. The monoisotopic (exact) mass is 421 g/mol. The van der Waals surface area contributed by atoms with Gasteiger partial charge < -0.3 is 5.32 Å². The summed E-state index contributed by atoms with van der Waals surface area (Å²) in [5.74, 6) is 0.719. The van der Waals surface area contributed by atoms with Gasteiger partial charge in [-0.25, -0.2) is 9.98 Å². The van der Waals surface area contributed by atoms with E-state index in [0.717, 1.165) is 28.1 Å². The van der Waals surface area contributed by atoms with E-state index < -0.39 is 0 Å². The van der Waals surface area contributed by atoms with Crippen molar-refractivity contribution in [2.75, 3.05) is 0 Å². The number of hydrogen-bond acceptors (Lipinski definition) is 3. The first-order valence-electron chi connectivity index (χ1n) is 10.2. The van der Waals surface area contributed by atoms with Crippen molar-refractivity contribution in [3.63, 3.8) is 0 Å². The second-order valence-electron chi connectivity index (χ2n) is 7.33. The molecule has 0 spiro atoms. The number of benzene rings is 4. The van der Waals surface area contributed by atoms with Crippen LogP contribution in [0.25, 0.3) is 22.3 Å². The van der Waals surface area contributed by atoms with Crippen LogP contribution in [0.15, 0.2) is 119 Å². The van der Waals surface area contributed by atoms with Gasteiger partial charge in [0.2, 0.25) is 0 Å². The maximum Gasteiger partial charge on any atom is 0.199 e. The van der Waals surface area contributed by atoms with Gasteiger partial charge in [-0.1, -0.05) is 109 Å². The van der Waals surface area contributed by atoms with Crippen LogP contribution in [-0.2, 0) is 0 Å². The first-order valence-corrected chi connectivity index (χ1v) is 10.5. The Morgan fingerprint density at radius 2 is 0.968 bits per heavy atom. The Bertz CT molecular complexity index is 1230. The molecule has 0 saturated carbocycles. The third kappa shape index (κ3) is 4.27. The minimum atomic E-state index is -0.373. The summed E-state index contributed by atoms with van der Waals surface area (Å²) in [5, 5.41) is 3.44. The molecule has 1 aliphatic rings. The van der Waals surface area contributed by atoms with E-state index in [-0.39, 0.29) is 6.17 Å². The first kappa shape index (κ1) is 19.3. The van der Waals surface area contributed by atoms with Gasteiger partial charge in [0.15, 0.2) is 11.5 Å². The molecule has 1 unspecified atom stereocenters. The number of nitrogens with one attached hydrogen (secondary N) is 1. The van der Waals surface area contributed by atoms with Crippen LogP contribution in [0.1, 0.15) is 17.3 Å². The van der Waals surface area contributed by atoms with Crippen LogP contribution in [0.5, 0.6) is 0 Å². The molecule has 150 valence electrons. The summed E-state index contributed by atoms with van der Waals surface area (Å²) in [7, 11) is 0. The second kappa shape index (κ2) is 8.58. The average molecular weight is 422 g/mol. The van der Waals surface area contributed by atoms with Crippen LogP contribution in [0.2, 0.25) is 0 Å². The van der Waals surface area contributed by atoms with Crippen molar-refractivity contribution in [1.29, 1.82) is 0 Å². The summed E-state index contributed by atoms with van der Waals surface area (Å²) in [4.78, 5) is 9.29. The third-order valence-corrected chi connectivity index (χ3v) is 5.48. The SMILES string of the molecule is ClC1=NC(c2ccc(-c3ccccc3)cc2)N=C(c2ccc(-c3ccccc3)cc2)N1. The highest BCUT2D eigenvalue weighted by molar-refractivity contribution is 6.66. The summed E-state index contributed by atoms with van der Waals surface area (Å²) in [5.41, 5.74) is 6.66. The number of amidine groups is 2. The molecule has 3 nitrogen and oxygen atoms in total. The molecule has 31 heavy (non-hydrogen) atoms. The molecule has 1 aliphatic heterocycles. The van der Waals surface area contributed by atoms with Crippen LogP contribution in [0.3, 0.4) is 0 Å². The zero-order valence-corrected chi connectivity index (χ0v) is 17.5. The number of hydrogen-bond donors (Lipinski definition) is 1. The van der Waals surface area contributed by atoms with Crippen LogP contribution >= 0.6 is 11.6 Å². The molecular weight excluding hydrogens is 402 g/mol. The number of aliphatic imine (C=N–C) groups is 2. The van der Waals surface area contributed by atoms with Gasteiger partial charge in [0.05, 0.1) is 0 Å². The molecule has 0 radical (unpaired) electrons. The number of halogens is 1. The van der Waals surface area contributed by atoms with E-state index in [1.54, 1.807) is 0 Å². The summed E-state index contributed by atoms with van der Waals surface area (Å²) >= 11 is 6.32. The molecule has 1 N–H and O–H groups in total. The molecule has 5 rings (SSSR count). The van der Waals surface area contributed by atoms with Crippen molar-refractivity contribution in [3.8, 4) is 22.3 Å². The number of rotatable bonds is 4. The molecule has 4 heteroatoms. The highest BCUT2D eigenvalue weighted by Crippen LogP contribution is 2.27. The van der Waals surface area contributed by atoms with E-state index in [1.165, 1.54) is 11.1 Å². The van der Waals surface area contributed by atoms with Crippen LogP contribution in [-0.4, -0.2) is 11.1 Å². The minimum absolute atomic E-state index is 0.342. The fraction of sp³-hybridized carbons (Fsp3) is 0.0370. The maximum absolute atomic E-state index is 6.32. The molecule has 0 amide bonds. The largest absolute Gasteiger partial charge is 0.315 e. The van der Waals surface area contributed by atoms with Crippen molar-refractivity contribution in [1.82, 2.24) is 5.32 Å². The second-order valence-corrected chi connectivity index (χ2v) is 7.69. The zero-order chi connectivity index (χ0) is 21.0. The average Bonchev–Trinajstić information content (AvgIpc) is 2.85. The molecule has 1 atom stereocenters. The van der Waals surface area contributed by atoms with Gasteiger partial charge in [-0.2, -0.15) is 0 Å². The van der Waals surface area contributed by atoms with Crippen molar-refractivity contribution in [3.05, 3.63) is 120 Å². The lowest BCUT2D eigenvalue weighted by atomic mass is 10.0. The lowest BCUT2D eigenvalue weighted by molar-refractivity contribution is 0.760.